The van der Waals surface area contributed by atoms with Crippen molar-refractivity contribution in [2.75, 3.05) is 27.9 Å². The second-order valence-electron chi connectivity index (χ2n) is 5.62. The van der Waals surface area contributed by atoms with Crippen molar-refractivity contribution in [2.24, 2.45) is 0 Å². The summed E-state index contributed by atoms with van der Waals surface area (Å²) in [5.74, 6) is 0.709. The Kier molecular flexibility index (Phi) is 5.87. The fourth-order valence-electron chi connectivity index (χ4n) is 2.54. The fourth-order valence-corrected chi connectivity index (χ4v) is 3.42. The Bertz CT molecular complexity index is 868. The molecule has 7 nitrogen and oxygen atoms in total. The number of ether oxygens (including phenoxy) is 3. The minimum absolute atomic E-state index is 0.0940. The molecule has 0 spiro atoms. The van der Waals surface area contributed by atoms with Crippen molar-refractivity contribution in [3.8, 4) is 17.0 Å². The van der Waals surface area contributed by atoms with Crippen LogP contribution < -0.4 is 10.1 Å². The van der Waals surface area contributed by atoms with E-state index in [1.807, 2.05) is 40.2 Å². The number of thiazole rings is 1. The lowest BCUT2D eigenvalue weighted by Gasteiger charge is -2.13. The highest BCUT2D eigenvalue weighted by molar-refractivity contribution is 7.15. The van der Waals surface area contributed by atoms with Gasteiger partial charge in [-0.1, -0.05) is 0 Å². The molecule has 0 saturated heterocycles. The number of imidazole rings is 1. The number of carbonyl (C=O) groups excluding carboxylic acids is 1. The summed E-state index contributed by atoms with van der Waals surface area (Å²) < 4.78 is 17.3. The van der Waals surface area contributed by atoms with Crippen molar-refractivity contribution < 1.29 is 19.0 Å². The van der Waals surface area contributed by atoms with E-state index in [1.165, 1.54) is 25.6 Å². The molecule has 0 bridgehead atoms. The normalized spacial score (nSPS) is 11.2. The van der Waals surface area contributed by atoms with E-state index in [0.29, 0.717) is 6.54 Å². The van der Waals surface area contributed by atoms with Crippen LogP contribution in [0.2, 0.25) is 0 Å². The predicted molar refractivity (Wildman–Crippen MR) is 99.6 cm³/mol. The van der Waals surface area contributed by atoms with E-state index < -0.39 is 6.29 Å². The number of rotatable bonds is 8. The third kappa shape index (κ3) is 4.04. The fraction of sp³-hybridized carbons (Fsp3) is 0.333. The molecule has 0 aliphatic heterocycles. The summed E-state index contributed by atoms with van der Waals surface area (Å²) in [5.41, 5.74) is 2.75. The quantitative estimate of drug-likeness (QED) is 0.612. The van der Waals surface area contributed by atoms with E-state index in [0.717, 1.165) is 27.7 Å². The second kappa shape index (κ2) is 8.31. The number of nitrogens with one attached hydrogen (secondary N) is 1. The van der Waals surface area contributed by atoms with E-state index in [9.17, 15) is 4.79 Å². The number of carbonyl (C=O) groups is 1. The Hall–Kier alpha value is -2.42. The van der Waals surface area contributed by atoms with E-state index in [2.05, 4.69) is 10.3 Å². The standard InChI is InChI=1S/C18H21N3O4S/c1-23-14-6-4-12(5-7-14)15-10-21-13(11-26-18(21)20-15)8-16(22)19-9-17(24-2)25-3/h4-7,10-11,17H,8-9H2,1-3H3,(H,19,22). The molecule has 3 rings (SSSR count). The first-order chi connectivity index (χ1) is 12.6. The van der Waals surface area contributed by atoms with Gasteiger partial charge < -0.3 is 19.5 Å². The number of nitrogens with zero attached hydrogens (tertiary/aromatic N) is 2. The molecule has 1 N–H and O–H groups in total. The average molecular weight is 375 g/mol. The number of hydrogen-bond acceptors (Lipinski definition) is 6. The predicted octanol–water partition coefficient (Wildman–Crippen LogP) is 2.35. The van der Waals surface area contributed by atoms with Crippen LogP contribution in [-0.4, -0.2) is 49.5 Å². The van der Waals surface area contributed by atoms with Crippen molar-refractivity contribution in [2.45, 2.75) is 12.7 Å². The summed E-state index contributed by atoms with van der Waals surface area (Å²) in [6, 6.07) is 7.74. The van der Waals surface area contributed by atoms with Crippen LogP contribution in [0.4, 0.5) is 0 Å². The van der Waals surface area contributed by atoms with Crippen LogP contribution in [0.15, 0.2) is 35.8 Å². The molecule has 1 amide bonds. The van der Waals surface area contributed by atoms with Crippen molar-refractivity contribution in [3.05, 3.63) is 41.5 Å². The van der Waals surface area contributed by atoms with Gasteiger partial charge in [0, 0.05) is 37.1 Å². The monoisotopic (exact) mass is 375 g/mol. The maximum atomic E-state index is 12.2. The molecule has 0 unspecified atom stereocenters. The Morgan fingerprint density at radius 2 is 1.96 bits per heavy atom. The van der Waals surface area contributed by atoms with Gasteiger partial charge in [0.05, 0.1) is 25.8 Å². The Labute approximate surface area is 155 Å². The van der Waals surface area contributed by atoms with Crippen molar-refractivity contribution >= 4 is 22.2 Å². The van der Waals surface area contributed by atoms with Crippen molar-refractivity contribution in [3.63, 3.8) is 0 Å². The van der Waals surface area contributed by atoms with Crippen LogP contribution in [0.25, 0.3) is 16.2 Å². The highest BCUT2D eigenvalue weighted by Crippen LogP contribution is 2.25. The highest BCUT2D eigenvalue weighted by Gasteiger charge is 2.14. The summed E-state index contributed by atoms with van der Waals surface area (Å²) in [7, 11) is 4.71. The number of benzene rings is 1. The van der Waals surface area contributed by atoms with E-state index in [-0.39, 0.29) is 12.3 Å². The van der Waals surface area contributed by atoms with E-state index in [1.54, 1.807) is 7.11 Å². The maximum absolute atomic E-state index is 12.2. The number of fused-ring (bicyclic) bond motifs is 1. The molecule has 138 valence electrons. The molecule has 0 radical (unpaired) electrons. The lowest BCUT2D eigenvalue weighted by Crippen LogP contribution is -2.35. The Balaban J connectivity index is 1.72. The second-order valence-corrected chi connectivity index (χ2v) is 6.45. The minimum Gasteiger partial charge on any atom is -0.497 e. The van der Waals surface area contributed by atoms with Crippen LogP contribution in [0, 0.1) is 0 Å². The maximum Gasteiger partial charge on any atom is 0.226 e. The third-order valence-electron chi connectivity index (χ3n) is 4.00. The lowest BCUT2D eigenvalue weighted by atomic mass is 10.2. The van der Waals surface area contributed by atoms with Gasteiger partial charge in [-0.05, 0) is 24.3 Å². The third-order valence-corrected chi connectivity index (χ3v) is 4.89. The first-order valence-electron chi connectivity index (χ1n) is 8.06. The van der Waals surface area contributed by atoms with Gasteiger partial charge in [-0.3, -0.25) is 9.20 Å². The van der Waals surface area contributed by atoms with Crippen LogP contribution in [-0.2, 0) is 20.7 Å². The Morgan fingerprint density at radius 3 is 2.62 bits per heavy atom. The topological polar surface area (TPSA) is 74.1 Å². The zero-order valence-corrected chi connectivity index (χ0v) is 15.7. The first-order valence-corrected chi connectivity index (χ1v) is 8.94. The molecule has 3 aromatic rings. The molecule has 0 aliphatic carbocycles. The first kappa shape index (κ1) is 18.4. The molecule has 0 saturated carbocycles. The lowest BCUT2D eigenvalue weighted by molar-refractivity contribution is -0.126. The zero-order chi connectivity index (χ0) is 18.5. The smallest absolute Gasteiger partial charge is 0.226 e. The van der Waals surface area contributed by atoms with Crippen molar-refractivity contribution in [1.82, 2.24) is 14.7 Å². The van der Waals surface area contributed by atoms with Crippen LogP contribution in [0.3, 0.4) is 0 Å². The van der Waals surface area contributed by atoms with Gasteiger partial charge in [-0.2, -0.15) is 0 Å². The van der Waals surface area contributed by atoms with Crippen LogP contribution >= 0.6 is 11.3 Å². The van der Waals surface area contributed by atoms with Crippen molar-refractivity contribution in [1.29, 1.82) is 0 Å². The van der Waals surface area contributed by atoms with Gasteiger partial charge in [0.1, 0.15) is 5.75 Å². The van der Waals surface area contributed by atoms with Gasteiger partial charge in [-0.15, -0.1) is 11.3 Å². The van der Waals surface area contributed by atoms with Gasteiger partial charge >= 0.3 is 0 Å². The van der Waals surface area contributed by atoms with Gasteiger partial charge in [0.15, 0.2) is 11.3 Å². The van der Waals surface area contributed by atoms with Gasteiger partial charge in [0.25, 0.3) is 0 Å². The summed E-state index contributed by atoms with van der Waals surface area (Å²) >= 11 is 1.51. The summed E-state index contributed by atoms with van der Waals surface area (Å²) in [6.45, 7) is 0.306. The molecule has 0 fully saturated rings. The number of aromatic nitrogens is 2. The molecule has 2 aromatic heterocycles. The summed E-state index contributed by atoms with van der Waals surface area (Å²) in [6.07, 6.45) is 1.76. The number of amides is 1. The molecule has 1 aromatic carbocycles. The summed E-state index contributed by atoms with van der Waals surface area (Å²) in [5, 5.41) is 4.76. The number of methoxy groups -OCH3 is 3. The van der Waals surface area contributed by atoms with E-state index >= 15 is 0 Å². The SMILES string of the molecule is COc1ccc(-c2cn3c(CC(=O)NCC(OC)OC)csc3n2)cc1. The molecule has 0 atom stereocenters. The molecule has 2 heterocycles. The zero-order valence-electron chi connectivity index (χ0n) is 14.9. The average Bonchev–Trinajstić information content (AvgIpc) is 3.25. The van der Waals surface area contributed by atoms with Gasteiger partial charge in [-0.25, -0.2) is 4.98 Å². The molecule has 26 heavy (non-hydrogen) atoms. The molecule has 8 heteroatoms. The summed E-state index contributed by atoms with van der Waals surface area (Å²) in [4.78, 5) is 17.7. The molecular weight excluding hydrogens is 354 g/mol. The van der Waals surface area contributed by atoms with Crippen LogP contribution in [0.1, 0.15) is 5.69 Å². The molecular formula is C18H21N3O4S. The highest BCUT2D eigenvalue weighted by atomic mass is 32.1. The number of hydrogen-bond donors (Lipinski definition) is 1. The van der Waals surface area contributed by atoms with Gasteiger partial charge in [0.2, 0.25) is 5.91 Å². The molecule has 0 aliphatic rings. The Morgan fingerprint density at radius 1 is 1.23 bits per heavy atom. The minimum atomic E-state index is -0.448. The van der Waals surface area contributed by atoms with E-state index in [4.69, 9.17) is 14.2 Å². The van der Waals surface area contributed by atoms with Crippen LogP contribution in [0.5, 0.6) is 5.75 Å². The largest absolute Gasteiger partial charge is 0.497 e.